The first-order valence-electron chi connectivity index (χ1n) is 31.4. The Labute approximate surface area is 589 Å². The molecule has 0 aromatic heterocycles. The number of nitrogens with one attached hydrogen (secondary N) is 5. The van der Waals surface area contributed by atoms with Gasteiger partial charge in [-0.1, -0.05) is 243 Å². The minimum Gasteiger partial charge on any atom is -0.480 e. The third-order valence-electron chi connectivity index (χ3n) is 15.8. The average molecular weight is 1390 g/mol. The van der Waals surface area contributed by atoms with Gasteiger partial charge >= 0.3 is 18.2 Å². The molecular weight excluding hydrogens is 1310 g/mol. The molecule has 97 heavy (non-hydrogen) atoms. The molecule has 0 spiro atoms. The maximum atomic E-state index is 14.0. The minimum absolute atomic E-state index is 0. The molecule has 2 saturated heterocycles. The molecule has 8 aromatic rings. The molecule has 21 heteroatoms. The van der Waals surface area contributed by atoms with Crippen molar-refractivity contribution in [3.63, 3.8) is 0 Å². The number of aliphatic carboxylic acids is 1. The standard InChI is InChI=1S/C38H39N3O6.C26H26N2O5.C12H15NO2.2V/c1-38(26-47-38)34(42)31(22-27-14-6-2-7-15-27)39-35(43)32(23-28-16-8-3-9-17-28)40-36(44)33(24-29-18-10-4-11-19-29)41-37(45)46-25-30-20-12-5-13-21-30;29-24(27-23(25(30)31)17-20-12-6-2-7-13-20)22(16-19-10-4-1-5-11-19)28-26(32)33-18-21-14-8-3-9-15-21;1-12(8-15-12)11(14)10(13)7-9-5-3-2-4-6-9;;/h2-21,31-33H,22-26H2,1H3,(H,39,43)(H,40,44)(H,41,45);1-15,22-23H,16-18H2,(H,27,29)(H,28,32)(H,30,31);2-6,10H,7-8,13H2,1H3;;/t31-,32-,33+,38+;22-,23+;10-,12+;;/m010../s1. The molecule has 19 nitrogen and oxygen atoms in total. The van der Waals surface area contributed by atoms with Crippen LogP contribution in [-0.2, 0) is 137 Å². The number of benzene rings is 8. The number of ether oxygens (including phenoxy) is 4. The van der Waals surface area contributed by atoms with E-state index in [0.29, 0.717) is 13.0 Å². The Kier molecular flexibility index (Phi) is 30.8. The Balaban J connectivity index is 0.000000257. The molecule has 8 N–H and O–H groups in total. The molecule has 2 fully saturated rings. The summed E-state index contributed by atoms with van der Waals surface area (Å²) in [5.74, 6) is -3.07. The van der Waals surface area contributed by atoms with E-state index < -0.39 is 83.3 Å². The number of hydrogen-bond acceptors (Lipinski definition) is 13. The van der Waals surface area contributed by atoms with E-state index in [2.05, 4.69) is 26.6 Å². The third-order valence-corrected chi connectivity index (χ3v) is 15.8. The molecule has 8 atom stereocenters. The Morgan fingerprint density at radius 1 is 0.361 bits per heavy atom. The van der Waals surface area contributed by atoms with Gasteiger partial charge < -0.3 is 56.4 Å². The second kappa shape index (κ2) is 38.9. The largest absolute Gasteiger partial charge is 0.480 e. The van der Waals surface area contributed by atoms with Gasteiger partial charge in [-0.2, -0.15) is 0 Å². The Morgan fingerprint density at radius 3 is 0.876 bits per heavy atom. The molecule has 2 aliphatic heterocycles. The van der Waals surface area contributed by atoms with Crippen molar-refractivity contribution in [1.82, 2.24) is 26.6 Å². The fourth-order valence-corrected chi connectivity index (χ4v) is 10.1. The van der Waals surface area contributed by atoms with Crippen molar-refractivity contribution in [3.05, 3.63) is 287 Å². The number of Topliss-reactive ketones (excluding diaryl/α,β-unsaturated/α-hetero) is 2. The average Bonchev–Trinajstić information content (AvgIpc) is 1.68. The third kappa shape index (κ3) is 25.9. The van der Waals surface area contributed by atoms with Crippen LogP contribution in [0.5, 0.6) is 0 Å². The van der Waals surface area contributed by atoms with Gasteiger partial charge in [-0.15, -0.1) is 0 Å². The van der Waals surface area contributed by atoms with Crippen molar-refractivity contribution < 1.29 is 99.5 Å². The maximum Gasteiger partial charge on any atom is 0.408 e. The normalized spacial score (nSPS) is 16.4. The quantitative estimate of drug-likeness (QED) is 0.0216. The fourth-order valence-electron chi connectivity index (χ4n) is 10.1. The summed E-state index contributed by atoms with van der Waals surface area (Å²) in [6, 6.07) is 68.7. The van der Waals surface area contributed by atoms with E-state index in [4.69, 9.17) is 24.7 Å². The molecule has 0 bridgehead atoms. The zero-order valence-corrected chi connectivity index (χ0v) is 56.7. The van der Waals surface area contributed by atoms with E-state index in [9.17, 15) is 43.5 Å². The van der Waals surface area contributed by atoms with Crippen molar-refractivity contribution in [1.29, 1.82) is 0 Å². The molecule has 502 valence electrons. The zero-order chi connectivity index (χ0) is 67.4. The van der Waals surface area contributed by atoms with Crippen LogP contribution >= 0.6 is 0 Å². The van der Waals surface area contributed by atoms with Crippen molar-refractivity contribution in [2.24, 2.45) is 5.73 Å². The van der Waals surface area contributed by atoms with Crippen LogP contribution in [0.2, 0.25) is 0 Å². The van der Waals surface area contributed by atoms with E-state index in [1.807, 2.05) is 218 Å². The predicted octanol–water partition coefficient (Wildman–Crippen LogP) is 8.58. The van der Waals surface area contributed by atoms with Gasteiger partial charge in [0, 0.05) is 62.8 Å². The monoisotopic (exact) mass is 1390 g/mol. The van der Waals surface area contributed by atoms with Crippen LogP contribution in [-0.4, -0.2) is 113 Å². The summed E-state index contributed by atoms with van der Waals surface area (Å²) in [7, 11) is 0. The van der Waals surface area contributed by atoms with Gasteiger partial charge in [0.2, 0.25) is 17.7 Å². The van der Waals surface area contributed by atoms with E-state index in [0.717, 1.165) is 44.5 Å². The topological polar surface area (TPSA) is 286 Å². The summed E-state index contributed by atoms with van der Waals surface area (Å²) in [5, 5.41) is 23.2. The molecule has 5 amide bonds. The van der Waals surface area contributed by atoms with Crippen molar-refractivity contribution in [2.75, 3.05) is 13.2 Å². The second-order valence-electron chi connectivity index (χ2n) is 23.6. The first-order valence-corrected chi connectivity index (χ1v) is 31.4. The summed E-state index contributed by atoms with van der Waals surface area (Å²) in [5.41, 5.74) is 11.1. The summed E-state index contributed by atoms with van der Waals surface area (Å²) in [4.78, 5) is 103. The summed E-state index contributed by atoms with van der Waals surface area (Å²) in [6.45, 7) is 4.38. The molecule has 2 radical (unpaired) electrons. The molecule has 10 rings (SSSR count). The molecule has 0 unspecified atom stereocenters. The maximum absolute atomic E-state index is 14.0. The first kappa shape index (κ1) is 76.6. The predicted molar refractivity (Wildman–Crippen MR) is 358 cm³/mol. The SMILES string of the molecule is C[C@]1(C(=O)[C@@H](N)Cc2ccccc2)CO1.C[C@]1(C(=O)[C@H](Cc2ccccc2)NC(=O)[C@H](Cc2ccccc2)NC(=O)[C@@H](Cc2ccccc2)NC(=O)OCc2ccccc2)CO1.O=C(N[C@H](Cc1ccccc1)C(=O)N[C@@H](Cc1ccccc1)C(=O)O)OCc1ccccc1.[V].[V]. The van der Waals surface area contributed by atoms with Gasteiger partial charge in [-0.05, 0) is 71.2 Å². The summed E-state index contributed by atoms with van der Waals surface area (Å²) < 4.78 is 21.2. The smallest absolute Gasteiger partial charge is 0.408 e. The molecule has 0 saturated carbocycles. The number of carbonyl (C=O) groups is 8. The van der Waals surface area contributed by atoms with Crippen LogP contribution in [0, 0.1) is 0 Å². The molecule has 2 aliphatic rings. The van der Waals surface area contributed by atoms with Crippen molar-refractivity contribution >= 4 is 47.4 Å². The van der Waals surface area contributed by atoms with Gasteiger partial charge in [-0.3, -0.25) is 24.0 Å². The van der Waals surface area contributed by atoms with E-state index in [-0.39, 0.29) is 101 Å². The fraction of sp³-hybridized carbons (Fsp3) is 0.263. The van der Waals surface area contributed by atoms with Crippen LogP contribution < -0.4 is 32.3 Å². The van der Waals surface area contributed by atoms with Crippen LogP contribution in [0.1, 0.15) is 58.4 Å². The van der Waals surface area contributed by atoms with Gasteiger partial charge in [0.05, 0.1) is 25.3 Å². The van der Waals surface area contributed by atoms with Crippen LogP contribution in [0.25, 0.3) is 0 Å². The number of rotatable bonds is 29. The van der Waals surface area contributed by atoms with Crippen molar-refractivity contribution in [3.8, 4) is 0 Å². The minimum atomic E-state index is -1.16. The number of hydrogen-bond donors (Lipinski definition) is 7. The van der Waals surface area contributed by atoms with Gasteiger partial charge in [0.15, 0.2) is 11.6 Å². The van der Waals surface area contributed by atoms with Crippen molar-refractivity contribution in [2.45, 2.75) is 113 Å². The Bertz CT molecular complexity index is 3750. The van der Waals surface area contributed by atoms with Gasteiger partial charge in [-0.25, -0.2) is 14.4 Å². The number of ketones is 2. The Hall–Kier alpha value is -9.43. The number of amides is 5. The van der Waals surface area contributed by atoms with Crippen LogP contribution in [0.15, 0.2) is 243 Å². The summed E-state index contributed by atoms with van der Waals surface area (Å²) in [6.07, 6.45) is -0.0408. The second-order valence-corrected chi connectivity index (χ2v) is 23.6. The first-order chi connectivity index (χ1) is 45.9. The molecular formula is C76H80N6O13V2. The number of carboxylic acids is 1. The number of nitrogens with two attached hydrogens (primary N) is 1. The number of carboxylic acid groups (broad SMARTS) is 1. The van der Waals surface area contributed by atoms with Gasteiger partial charge in [0.1, 0.15) is 48.6 Å². The van der Waals surface area contributed by atoms with Crippen LogP contribution in [0.3, 0.4) is 0 Å². The number of epoxide rings is 2. The molecule has 0 aliphatic carbocycles. The molecule has 8 aromatic carbocycles. The molecule has 2 heterocycles. The zero-order valence-electron chi connectivity index (χ0n) is 53.9. The number of alkyl carbamates (subject to hydrolysis) is 2. The summed E-state index contributed by atoms with van der Waals surface area (Å²) >= 11 is 0. The van der Waals surface area contributed by atoms with E-state index >= 15 is 0 Å². The Morgan fingerprint density at radius 2 is 0.588 bits per heavy atom. The van der Waals surface area contributed by atoms with E-state index in [1.165, 1.54) is 0 Å². The van der Waals surface area contributed by atoms with Crippen LogP contribution in [0.4, 0.5) is 9.59 Å². The van der Waals surface area contributed by atoms with Gasteiger partial charge in [0.25, 0.3) is 0 Å². The van der Waals surface area contributed by atoms with E-state index in [1.54, 1.807) is 38.1 Å². The number of carbonyl (C=O) groups excluding carboxylic acids is 7.